The lowest BCUT2D eigenvalue weighted by Gasteiger charge is -2.18. The van der Waals surface area contributed by atoms with Gasteiger partial charge < -0.3 is 9.47 Å². The molecular formula is C8H17BO2. The van der Waals surface area contributed by atoms with E-state index in [9.17, 15) is 0 Å². The molecule has 0 heterocycles. The third kappa shape index (κ3) is 6.39. The van der Waals surface area contributed by atoms with Crippen LogP contribution in [0.1, 0.15) is 26.7 Å². The SMILES string of the molecule is [B][C@@H](CCC)O[C@@H](C)COC. The fraction of sp³-hybridized carbons (Fsp3) is 1.00. The van der Waals surface area contributed by atoms with Crippen molar-refractivity contribution in [2.75, 3.05) is 13.7 Å². The van der Waals surface area contributed by atoms with Crippen LogP contribution in [0.3, 0.4) is 0 Å². The molecule has 0 saturated carbocycles. The van der Waals surface area contributed by atoms with Crippen LogP contribution in [-0.2, 0) is 9.47 Å². The van der Waals surface area contributed by atoms with Gasteiger partial charge in [-0.05, 0) is 13.3 Å². The van der Waals surface area contributed by atoms with Crippen molar-refractivity contribution in [1.29, 1.82) is 0 Å². The second kappa shape index (κ2) is 6.68. The molecule has 0 N–H and O–H groups in total. The molecule has 0 saturated heterocycles. The van der Waals surface area contributed by atoms with Crippen LogP contribution in [0.4, 0.5) is 0 Å². The first-order chi connectivity index (χ1) is 5.20. The highest BCUT2D eigenvalue weighted by molar-refractivity contribution is 6.10. The van der Waals surface area contributed by atoms with E-state index in [1.807, 2.05) is 6.92 Å². The van der Waals surface area contributed by atoms with Crippen molar-refractivity contribution >= 4 is 7.85 Å². The van der Waals surface area contributed by atoms with E-state index in [-0.39, 0.29) is 12.1 Å². The summed E-state index contributed by atoms with van der Waals surface area (Å²) in [5.74, 6) is 0. The van der Waals surface area contributed by atoms with Crippen molar-refractivity contribution in [3.63, 3.8) is 0 Å². The summed E-state index contributed by atoms with van der Waals surface area (Å²) in [5.41, 5.74) is 0. The van der Waals surface area contributed by atoms with E-state index < -0.39 is 0 Å². The van der Waals surface area contributed by atoms with E-state index in [1.54, 1.807) is 7.11 Å². The summed E-state index contributed by atoms with van der Waals surface area (Å²) in [5, 5.41) is 0. The maximum Gasteiger partial charge on any atom is 0.109 e. The monoisotopic (exact) mass is 156 g/mol. The van der Waals surface area contributed by atoms with Gasteiger partial charge in [-0.1, -0.05) is 13.3 Å². The molecule has 2 nitrogen and oxygen atoms in total. The molecule has 0 amide bonds. The Bertz CT molecular complexity index is 78.2. The third-order valence-electron chi connectivity index (χ3n) is 1.38. The van der Waals surface area contributed by atoms with E-state index in [4.69, 9.17) is 17.3 Å². The molecule has 2 radical (unpaired) electrons. The van der Waals surface area contributed by atoms with Crippen LogP contribution in [0, 0.1) is 0 Å². The summed E-state index contributed by atoms with van der Waals surface area (Å²) >= 11 is 0. The standard InChI is InChI=1S/C8H17BO2/c1-4-5-8(9)11-7(2)6-10-3/h7-8H,4-6H2,1-3H3/t7-,8+/m0/s1. The van der Waals surface area contributed by atoms with Crippen molar-refractivity contribution in [2.45, 2.75) is 38.8 Å². The van der Waals surface area contributed by atoms with E-state index in [2.05, 4.69) is 6.92 Å². The van der Waals surface area contributed by atoms with Crippen molar-refractivity contribution < 1.29 is 9.47 Å². The Kier molecular flexibility index (Phi) is 6.67. The summed E-state index contributed by atoms with van der Waals surface area (Å²) in [7, 11) is 7.30. The summed E-state index contributed by atoms with van der Waals surface area (Å²) in [4.78, 5) is 0. The van der Waals surface area contributed by atoms with Crippen molar-refractivity contribution in [1.82, 2.24) is 0 Å². The van der Waals surface area contributed by atoms with Gasteiger partial charge in [-0.15, -0.1) is 0 Å². The molecule has 3 heteroatoms. The van der Waals surface area contributed by atoms with Crippen LogP contribution in [-0.4, -0.2) is 33.7 Å². The second-order valence-corrected chi connectivity index (χ2v) is 2.73. The topological polar surface area (TPSA) is 18.5 Å². The molecule has 0 spiro atoms. The molecule has 0 rings (SSSR count). The predicted molar refractivity (Wildman–Crippen MR) is 46.9 cm³/mol. The van der Waals surface area contributed by atoms with E-state index >= 15 is 0 Å². The fourth-order valence-corrected chi connectivity index (χ4v) is 0.925. The van der Waals surface area contributed by atoms with E-state index in [0.29, 0.717) is 6.61 Å². The molecule has 0 unspecified atom stereocenters. The molecule has 0 aromatic heterocycles. The van der Waals surface area contributed by atoms with E-state index in [1.165, 1.54) is 0 Å². The average Bonchev–Trinajstić information content (AvgIpc) is 1.87. The lowest BCUT2D eigenvalue weighted by Crippen LogP contribution is -2.23. The summed E-state index contributed by atoms with van der Waals surface area (Å²) in [6.45, 7) is 4.65. The summed E-state index contributed by atoms with van der Waals surface area (Å²) in [6, 6.07) is -0.134. The lowest BCUT2D eigenvalue weighted by molar-refractivity contribution is -0.00936. The molecule has 0 aliphatic heterocycles. The Morgan fingerprint density at radius 3 is 2.55 bits per heavy atom. The third-order valence-corrected chi connectivity index (χ3v) is 1.38. The van der Waals surface area contributed by atoms with Gasteiger partial charge in [-0.25, -0.2) is 0 Å². The Morgan fingerprint density at radius 1 is 1.45 bits per heavy atom. The van der Waals surface area contributed by atoms with Crippen LogP contribution in [0.2, 0.25) is 0 Å². The van der Waals surface area contributed by atoms with Gasteiger partial charge in [0.05, 0.1) is 12.7 Å². The minimum atomic E-state index is -0.134. The number of methoxy groups -OCH3 is 1. The molecule has 11 heavy (non-hydrogen) atoms. The van der Waals surface area contributed by atoms with Gasteiger partial charge in [0.2, 0.25) is 0 Å². The molecule has 0 aliphatic carbocycles. The number of rotatable bonds is 6. The van der Waals surface area contributed by atoms with Crippen LogP contribution < -0.4 is 0 Å². The van der Waals surface area contributed by atoms with Gasteiger partial charge in [-0.2, -0.15) is 0 Å². The van der Waals surface area contributed by atoms with Gasteiger partial charge in [0.1, 0.15) is 7.85 Å². The quantitative estimate of drug-likeness (QED) is 0.540. The van der Waals surface area contributed by atoms with Crippen molar-refractivity contribution in [3.05, 3.63) is 0 Å². The molecule has 0 fully saturated rings. The van der Waals surface area contributed by atoms with Gasteiger partial charge in [0.25, 0.3) is 0 Å². The fourth-order valence-electron chi connectivity index (χ4n) is 0.925. The Morgan fingerprint density at radius 2 is 2.09 bits per heavy atom. The van der Waals surface area contributed by atoms with Crippen LogP contribution in [0.5, 0.6) is 0 Å². The number of hydrogen-bond donors (Lipinski definition) is 0. The Balaban J connectivity index is 3.32. The van der Waals surface area contributed by atoms with Crippen molar-refractivity contribution in [2.24, 2.45) is 0 Å². The van der Waals surface area contributed by atoms with Gasteiger partial charge in [0, 0.05) is 13.1 Å². The highest BCUT2D eigenvalue weighted by Crippen LogP contribution is 2.01. The van der Waals surface area contributed by atoms with E-state index in [0.717, 1.165) is 12.8 Å². The first-order valence-electron chi connectivity index (χ1n) is 4.10. The minimum Gasteiger partial charge on any atom is -0.383 e. The van der Waals surface area contributed by atoms with Crippen LogP contribution in [0.25, 0.3) is 0 Å². The number of hydrogen-bond acceptors (Lipinski definition) is 2. The van der Waals surface area contributed by atoms with Gasteiger partial charge in [0.15, 0.2) is 0 Å². The summed E-state index contributed by atoms with van der Waals surface area (Å²) in [6.07, 6.45) is 2.07. The normalized spacial score (nSPS) is 16.3. The molecule has 0 bridgehead atoms. The Hall–Kier alpha value is -0.0151. The molecule has 2 atom stereocenters. The highest BCUT2D eigenvalue weighted by atomic mass is 16.5. The molecule has 0 aliphatic rings. The summed E-state index contributed by atoms with van der Waals surface area (Å²) < 4.78 is 10.3. The zero-order valence-electron chi connectivity index (χ0n) is 7.67. The van der Waals surface area contributed by atoms with Crippen LogP contribution in [0.15, 0.2) is 0 Å². The highest BCUT2D eigenvalue weighted by Gasteiger charge is 2.06. The first-order valence-corrected chi connectivity index (χ1v) is 4.10. The predicted octanol–water partition coefficient (Wildman–Crippen LogP) is 1.33. The maximum atomic E-state index is 5.64. The van der Waals surface area contributed by atoms with Gasteiger partial charge in [-0.3, -0.25) is 0 Å². The molecular weight excluding hydrogens is 139 g/mol. The Labute approximate surface area is 70.7 Å². The molecule has 64 valence electrons. The lowest BCUT2D eigenvalue weighted by atomic mass is 9.95. The molecule has 0 aromatic carbocycles. The van der Waals surface area contributed by atoms with Gasteiger partial charge >= 0.3 is 0 Å². The maximum absolute atomic E-state index is 5.64. The second-order valence-electron chi connectivity index (χ2n) is 2.73. The average molecular weight is 156 g/mol. The largest absolute Gasteiger partial charge is 0.383 e. The zero-order valence-corrected chi connectivity index (χ0v) is 7.67. The number of ether oxygens (including phenoxy) is 2. The van der Waals surface area contributed by atoms with Crippen molar-refractivity contribution in [3.8, 4) is 0 Å². The molecule has 0 aromatic rings. The first kappa shape index (κ1) is 11.0. The zero-order chi connectivity index (χ0) is 8.69. The minimum absolute atomic E-state index is 0.0987. The van der Waals surface area contributed by atoms with Crippen LogP contribution >= 0.6 is 0 Å². The smallest absolute Gasteiger partial charge is 0.109 e.